The van der Waals surface area contributed by atoms with E-state index in [1.165, 1.54) is 11.3 Å². The number of carbonyl (C=O) groups excluding carboxylic acids is 1. The highest BCUT2D eigenvalue weighted by Gasteiger charge is 2.30. The van der Waals surface area contributed by atoms with Crippen molar-refractivity contribution < 1.29 is 9.53 Å². The van der Waals surface area contributed by atoms with Crippen LogP contribution in [0.3, 0.4) is 0 Å². The Morgan fingerprint density at radius 3 is 2.21 bits per heavy atom. The van der Waals surface area contributed by atoms with Crippen molar-refractivity contribution in [3.8, 4) is 0 Å². The first kappa shape index (κ1) is 26.0. The number of rotatable bonds is 5. The first-order valence-electron chi connectivity index (χ1n) is 12.1. The third-order valence-corrected chi connectivity index (χ3v) is 6.91. The number of morpholine rings is 1. The predicted octanol–water partition coefficient (Wildman–Crippen LogP) is 1.85. The van der Waals surface area contributed by atoms with Gasteiger partial charge < -0.3 is 24.8 Å². The van der Waals surface area contributed by atoms with Gasteiger partial charge in [-0.25, -0.2) is 0 Å². The van der Waals surface area contributed by atoms with Crippen LogP contribution in [0, 0.1) is 0 Å². The number of amides is 1. The molecule has 184 valence electrons. The molecule has 0 bridgehead atoms. The number of nitrogens with one attached hydrogen (secondary N) is 1. The van der Waals surface area contributed by atoms with E-state index >= 15 is 0 Å². The van der Waals surface area contributed by atoms with Crippen molar-refractivity contribution >= 4 is 41.5 Å². The monoisotopic (exact) mass is 570 g/mol. The van der Waals surface area contributed by atoms with E-state index in [1.807, 2.05) is 11.9 Å². The van der Waals surface area contributed by atoms with Crippen LogP contribution in [0.2, 0.25) is 0 Å². The standard InChI is InChI=1S/C24H38N6O2.HI/c1-20(23(31)29-9-3-4-10-29)27-11-13-30(14-12-27)24(25-2)26-19-21-5-7-22(8-6-21)28-15-17-32-18-16-28;/h5-8,20H,3-4,9-19H2,1-2H3,(H,25,26);1H. The molecular weight excluding hydrogens is 531 g/mol. The Kier molecular flexibility index (Phi) is 10.1. The molecule has 3 aliphatic rings. The fourth-order valence-electron chi connectivity index (χ4n) is 4.84. The minimum Gasteiger partial charge on any atom is -0.378 e. The maximum absolute atomic E-state index is 12.7. The Hall–Kier alpha value is -1.59. The molecule has 1 N–H and O–H groups in total. The lowest BCUT2D eigenvalue weighted by atomic mass is 10.2. The van der Waals surface area contributed by atoms with Crippen LogP contribution in [0.4, 0.5) is 5.69 Å². The summed E-state index contributed by atoms with van der Waals surface area (Å²) in [6.07, 6.45) is 2.29. The molecule has 3 heterocycles. The van der Waals surface area contributed by atoms with Gasteiger partial charge in [0, 0.05) is 71.6 Å². The van der Waals surface area contributed by atoms with Gasteiger partial charge in [0.1, 0.15) is 0 Å². The third kappa shape index (κ3) is 6.73. The molecule has 0 spiro atoms. The van der Waals surface area contributed by atoms with Crippen LogP contribution >= 0.6 is 24.0 Å². The van der Waals surface area contributed by atoms with Gasteiger partial charge in [-0.1, -0.05) is 12.1 Å². The molecule has 4 rings (SSSR count). The number of anilines is 1. The van der Waals surface area contributed by atoms with E-state index in [1.54, 1.807) is 0 Å². The fraction of sp³-hybridized carbons (Fsp3) is 0.667. The Morgan fingerprint density at radius 2 is 1.61 bits per heavy atom. The number of carbonyl (C=O) groups is 1. The van der Waals surface area contributed by atoms with E-state index in [0.717, 1.165) is 90.9 Å². The lowest BCUT2D eigenvalue weighted by molar-refractivity contribution is -0.135. The van der Waals surface area contributed by atoms with Gasteiger partial charge in [-0.05, 0) is 37.5 Å². The topological polar surface area (TPSA) is 63.7 Å². The lowest BCUT2D eigenvalue weighted by Crippen LogP contribution is -2.57. The second kappa shape index (κ2) is 12.8. The normalized spacial score (nSPS) is 21.0. The maximum Gasteiger partial charge on any atom is 0.239 e. The third-order valence-electron chi connectivity index (χ3n) is 6.91. The average molecular weight is 571 g/mol. The van der Waals surface area contributed by atoms with Crippen molar-refractivity contribution in [3.05, 3.63) is 29.8 Å². The van der Waals surface area contributed by atoms with E-state index in [-0.39, 0.29) is 30.0 Å². The van der Waals surface area contributed by atoms with E-state index in [9.17, 15) is 4.79 Å². The van der Waals surface area contributed by atoms with Crippen LogP contribution in [0.5, 0.6) is 0 Å². The van der Waals surface area contributed by atoms with Crippen LogP contribution in [0.1, 0.15) is 25.3 Å². The molecule has 3 fully saturated rings. The number of piperazine rings is 1. The molecule has 0 aromatic heterocycles. The van der Waals surface area contributed by atoms with Crippen molar-refractivity contribution in [2.75, 3.05) is 77.5 Å². The highest BCUT2D eigenvalue weighted by molar-refractivity contribution is 14.0. The molecule has 1 amide bonds. The number of benzene rings is 1. The number of aliphatic imine (C=N–C) groups is 1. The highest BCUT2D eigenvalue weighted by atomic mass is 127. The summed E-state index contributed by atoms with van der Waals surface area (Å²) in [5.74, 6) is 1.22. The largest absolute Gasteiger partial charge is 0.378 e. The molecular formula is C24H39IN6O2. The van der Waals surface area contributed by atoms with Crippen LogP contribution in [0.15, 0.2) is 29.3 Å². The molecule has 3 saturated heterocycles. The molecule has 8 nitrogen and oxygen atoms in total. The molecule has 0 saturated carbocycles. The van der Waals surface area contributed by atoms with Crippen LogP contribution in [0.25, 0.3) is 0 Å². The summed E-state index contributed by atoms with van der Waals surface area (Å²) in [6.45, 7) is 11.7. The molecule has 1 aromatic carbocycles. The van der Waals surface area contributed by atoms with Gasteiger partial charge in [0.25, 0.3) is 0 Å². The molecule has 33 heavy (non-hydrogen) atoms. The number of nitrogens with zero attached hydrogens (tertiary/aromatic N) is 5. The van der Waals surface area contributed by atoms with Crippen LogP contribution < -0.4 is 10.2 Å². The Morgan fingerprint density at radius 1 is 0.970 bits per heavy atom. The number of halogens is 1. The predicted molar refractivity (Wildman–Crippen MR) is 144 cm³/mol. The van der Waals surface area contributed by atoms with Gasteiger partial charge >= 0.3 is 0 Å². The minimum absolute atomic E-state index is 0. The first-order valence-corrected chi connectivity index (χ1v) is 12.1. The second-order valence-corrected chi connectivity index (χ2v) is 8.90. The van der Waals surface area contributed by atoms with Crippen molar-refractivity contribution in [2.45, 2.75) is 32.4 Å². The molecule has 3 aliphatic heterocycles. The van der Waals surface area contributed by atoms with Crippen LogP contribution in [-0.2, 0) is 16.1 Å². The summed E-state index contributed by atoms with van der Waals surface area (Å²) in [6, 6.07) is 8.74. The molecule has 0 aliphatic carbocycles. The van der Waals surface area contributed by atoms with E-state index in [0.29, 0.717) is 5.91 Å². The summed E-state index contributed by atoms with van der Waals surface area (Å²) < 4.78 is 5.44. The average Bonchev–Trinajstić information content (AvgIpc) is 3.40. The van der Waals surface area contributed by atoms with Gasteiger partial charge in [0.05, 0.1) is 19.3 Å². The van der Waals surface area contributed by atoms with Crippen molar-refractivity contribution in [3.63, 3.8) is 0 Å². The highest BCUT2D eigenvalue weighted by Crippen LogP contribution is 2.17. The zero-order chi connectivity index (χ0) is 22.3. The van der Waals surface area contributed by atoms with Gasteiger partial charge in [-0.15, -0.1) is 24.0 Å². The first-order chi connectivity index (χ1) is 15.7. The van der Waals surface area contributed by atoms with Gasteiger partial charge in [-0.2, -0.15) is 0 Å². The number of hydrogen-bond acceptors (Lipinski definition) is 5. The summed E-state index contributed by atoms with van der Waals surface area (Å²) in [5, 5.41) is 3.51. The summed E-state index contributed by atoms with van der Waals surface area (Å²) in [7, 11) is 1.84. The van der Waals surface area contributed by atoms with Gasteiger partial charge in [0.2, 0.25) is 5.91 Å². The molecule has 1 aromatic rings. The molecule has 9 heteroatoms. The van der Waals surface area contributed by atoms with Gasteiger partial charge in [-0.3, -0.25) is 14.7 Å². The minimum atomic E-state index is -0.0322. The Labute approximate surface area is 215 Å². The van der Waals surface area contributed by atoms with Gasteiger partial charge in [0.15, 0.2) is 5.96 Å². The number of hydrogen-bond donors (Lipinski definition) is 1. The van der Waals surface area contributed by atoms with Crippen LogP contribution in [-0.4, -0.2) is 105 Å². The van der Waals surface area contributed by atoms with Crippen molar-refractivity contribution in [2.24, 2.45) is 4.99 Å². The van der Waals surface area contributed by atoms with E-state index in [4.69, 9.17) is 4.74 Å². The van der Waals surface area contributed by atoms with E-state index < -0.39 is 0 Å². The summed E-state index contributed by atoms with van der Waals surface area (Å²) in [4.78, 5) is 26.2. The maximum atomic E-state index is 12.7. The van der Waals surface area contributed by atoms with Crippen molar-refractivity contribution in [1.82, 2.24) is 20.0 Å². The summed E-state index contributed by atoms with van der Waals surface area (Å²) in [5.41, 5.74) is 2.50. The number of ether oxygens (including phenoxy) is 1. The lowest BCUT2D eigenvalue weighted by Gasteiger charge is -2.39. The molecule has 0 radical (unpaired) electrons. The Bertz CT molecular complexity index is 770. The number of likely N-dealkylation sites (tertiary alicyclic amines) is 1. The zero-order valence-corrected chi connectivity index (χ0v) is 22.4. The smallest absolute Gasteiger partial charge is 0.239 e. The number of guanidine groups is 1. The fourth-order valence-corrected chi connectivity index (χ4v) is 4.84. The van der Waals surface area contributed by atoms with Crippen molar-refractivity contribution in [1.29, 1.82) is 0 Å². The molecule has 1 atom stereocenters. The SMILES string of the molecule is CN=C(NCc1ccc(N2CCOCC2)cc1)N1CCN(C(C)C(=O)N2CCCC2)CC1.I. The second-order valence-electron chi connectivity index (χ2n) is 8.90. The quantitative estimate of drug-likeness (QED) is 0.332. The van der Waals surface area contributed by atoms with E-state index in [2.05, 4.69) is 56.2 Å². The summed E-state index contributed by atoms with van der Waals surface area (Å²) >= 11 is 0. The Balaban J connectivity index is 0.00000306. The zero-order valence-electron chi connectivity index (χ0n) is 20.0. The molecule has 1 unspecified atom stereocenters.